The van der Waals surface area contributed by atoms with E-state index in [1.54, 1.807) is 19.9 Å². The molecule has 0 fully saturated rings. The molecule has 0 aliphatic carbocycles. The van der Waals surface area contributed by atoms with Gasteiger partial charge in [-0.15, -0.1) is 0 Å². The van der Waals surface area contributed by atoms with Gasteiger partial charge in [0.05, 0.1) is 0 Å². The van der Waals surface area contributed by atoms with Crippen molar-refractivity contribution in [2.75, 3.05) is 0 Å². The Kier molecular flexibility index (Phi) is 2.88. The van der Waals surface area contributed by atoms with Crippen LogP contribution >= 0.6 is 0 Å². The number of hydrogen-bond donors (Lipinski definition) is 1. The van der Waals surface area contributed by atoms with Crippen molar-refractivity contribution in [2.24, 2.45) is 0 Å². The lowest BCUT2D eigenvalue weighted by Gasteiger charge is -1.90. The fourth-order valence-electron chi connectivity index (χ4n) is 0.190. The van der Waals surface area contributed by atoms with Crippen LogP contribution in [0.15, 0.2) is 11.6 Å². The van der Waals surface area contributed by atoms with E-state index in [1.807, 2.05) is 0 Å². The average Bonchev–Trinajstić information content (AvgIpc) is 1.84. The molecule has 0 saturated carbocycles. The van der Waals surface area contributed by atoms with Gasteiger partial charge in [-0.1, -0.05) is 6.08 Å². The number of hydrogen-bond acceptors (Lipinski definition) is 3. The summed E-state index contributed by atoms with van der Waals surface area (Å²) in [4.78, 5) is 13.6. The highest BCUT2D eigenvalue weighted by Gasteiger charge is 2.00. The van der Waals surface area contributed by atoms with Gasteiger partial charge in [-0.25, -0.2) is 4.79 Å². The SMILES string of the molecule is CC=C(C)C(=O)OO. The van der Waals surface area contributed by atoms with Crippen LogP contribution in [0.5, 0.6) is 0 Å². The first-order valence-corrected chi connectivity index (χ1v) is 2.21. The molecular weight excluding hydrogens is 108 g/mol. The van der Waals surface area contributed by atoms with Crippen LogP contribution in [0.3, 0.4) is 0 Å². The Balaban J connectivity index is 3.83. The van der Waals surface area contributed by atoms with Crippen molar-refractivity contribution < 1.29 is 14.9 Å². The Morgan fingerprint density at radius 2 is 2.25 bits per heavy atom. The van der Waals surface area contributed by atoms with E-state index in [-0.39, 0.29) is 0 Å². The number of allylic oxidation sites excluding steroid dienone is 1. The molecule has 0 radical (unpaired) electrons. The van der Waals surface area contributed by atoms with E-state index < -0.39 is 5.97 Å². The zero-order valence-corrected chi connectivity index (χ0v) is 4.84. The minimum absolute atomic E-state index is 0.396. The Labute approximate surface area is 47.5 Å². The van der Waals surface area contributed by atoms with Gasteiger partial charge in [-0.05, 0) is 13.8 Å². The van der Waals surface area contributed by atoms with E-state index in [9.17, 15) is 4.79 Å². The van der Waals surface area contributed by atoms with Crippen molar-refractivity contribution in [3.63, 3.8) is 0 Å². The van der Waals surface area contributed by atoms with Crippen molar-refractivity contribution in [3.05, 3.63) is 11.6 Å². The maximum atomic E-state index is 10.2. The lowest BCUT2D eigenvalue weighted by molar-refractivity contribution is -0.229. The van der Waals surface area contributed by atoms with Gasteiger partial charge in [0, 0.05) is 5.57 Å². The Hall–Kier alpha value is -0.830. The van der Waals surface area contributed by atoms with Crippen molar-refractivity contribution in [3.8, 4) is 0 Å². The maximum absolute atomic E-state index is 10.2. The van der Waals surface area contributed by atoms with Crippen LogP contribution in [0.1, 0.15) is 13.8 Å². The van der Waals surface area contributed by atoms with E-state index in [2.05, 4.69) is 4.89 Å². The molecule has 8 heavy (non-hydrogen) atoms. The molecule has 46 valence electrons. The van der Waals surface area contributed by atoms with Crippen LogP contribution in [-0.4, -0.2) is 11.2 Å². The van der Waals surface area contributed by atoms with E-state index in [4.69, 9.17) is 5.26 Å². The summed E-state index contributed by atoms with van der Waals surface area (Å²) >= 11 is 0. The Bertz CT molecular complexity index is 115. The molecule has 0 aromatic carbocycles. The molecular formula is C5H8O3. The monoisotopic (exact) mass is 116 g/mol. The first-order chi connectivity index (χ1) is 3.72. The Morgan fingerprint density at radius 3 is 2.38 bits per heavy atom. The standard InChI is InChI=1S/C5H8O3/c1-3-4(2)5(6)8-7/h3,7H,1-2H3. The van der Waals surface area contributed by atoms with Crippen molar-refractivity contribution in [1.82, 2.24) is 0 Å². The largest absolute Gasteiger partial charge is 0.368 e. The van der Waals surface area contributed by atoms with Gasteiger partial charge < -0.3 is 0 Å². The van der Waals surface area contributed by atoms with E-state index >= 15 is 0 Å². The molecule has 0 heterocycles. The molecule has 0 atom stereocenters. The molecule has 0 rings (SSSR count). The summed E-state index contributed by atoms with van der Waals surface area (Å²) in [6.45, 7) is 3.24. The lowest BCUT2D eigenvalue weighted by atomic mass is 10.3. The van der Waals surface area contributed by atoms with Crippen LogP contribution in [0.25, 0.3) is 0 Å². The van der Waals surface area contributed by atoms with Gasteiger partial charge in [-0.2, -0.15) is 5.26 Å². The Morgan fingerprint density at radius 1 is 1.75 bits per heavy atom. The molecule has 0 aromatic rings. The average molecular weight is 116 g/mol. The number of carbonyl (C=O) groups is 1. The van der Waals surface area contributed by atoms with Crippen LogP contribution in [0, 0.1) is 0 Å². The fraction of sp³-hybridized carbons (Fsp3) is 0.400. The zero-order chi connectivity index (χ0) is 6.57. The van der Waals surface area contributed by atoms with E-state index in [1.165, 1.54) is 0 Å². The first kappa shape index (κ1) is 7.17. The second-order valence-electron chi connectivity index (χ2n) is 1.35. The summed E-state index contributed by atoms with van der Waals surface area (Å²) in [5.74, 6) is -0.701. The molecule has 0 bridgehead atoms. The molecule has 3 nitrogen and oxygen atoms in total. The number of rotatable bonds is 1. The second-order valence-corrected chi connectivity index (χ2v) is 1.35. The van der Waals surface area contributed by atoms with Crippen molar-refractivity contribution in [2.45, 2.75) is 13.8 Å². The molecule has 0 aliphatic heterocycles. The minimum Gasteiger partial charge on any atom is -0.296 e. The fourth-order valence-corrected chi connectivity index (χ4v) is 0.190. The first-order valence-electron chi connectivity index (χ1n) is 2.21. The smallest absolute Gasteiger partial charge is 0.296 e. The third-order valence-corrected chi connectivity index (χ3v) is 0.838. The van der Waals surface area contributed by atoms with Gasteiger partial charge >= 0.3 is 5.97 Å². The highest BCUT2D eigenvalue weighted by Crippen LogP contribution is 1.92. The predicted molar refractivity (Wildman–Crippen MR) is 28.2 cm³/mol. The summed E-state index contributed by atoms with van der Waals surface area (Å²) in [5, 5.41) is 7.75. The van der Waals surface area contributed by atoms with Crippen LogP contribution in [0.4, 0.5) is 0 Å². The molecule has 0 aromatic heterocycles. The molecule has 0 aliphatic rings. The van der Waals surface area contributed by atoms with Gasteiger partial charge in [0.1, 0.15) is 0 Å². The second kappa shape index (κ2) is 3.21. The summed E-state index contributed by atoms with van der Waals surface area (Å²) in [5.41, 5.74) is 0.396. The third-order valence-electron chi connectivity index (χ3n) is 0.838. The molecule has 3 heteroatoms. The quantitative estimate of drug-likeness (QED) is 0.315. The lowest BCUT2D eigenvalue weighted by Crippen LogP contribution is -2.00. The van der Waals surface area contributed by atoms with Crippen LogP contribution in [-0.2, 0) is 9.68 Å². The van der Waals surface area contributed by atoms with Crippen molar-refractivity contribution in [1.29, 1.82) is 0 Å². The topological polar surface area (TPSA) is 46.5 Å². The van der Waals surface area contributed by atoms with E-state index in [0.717, 1.165) is 0 Å². The van der Waals surface area contributed by atoms with Crippen LogP contribution < -0.4 is 0 Å². The molecule has 0 amide bonds. The zero-order valence-electron chi connectivity index (χ0n) is 4.84. The molecule has 0 unspecified atom stereocenters. The number of carbonyl (C=O) groups excluding carboxylic acids is 1. The van der Waals surface area contributed by atoms with Gasteiger partial charge in [0.2, 0.25) is 0 Å². The normalized spacial score (nSPS) is 11.1. The summed E-state index contributed by atoms with van der Waals surface area (Å²) in [7, 11) is 0. The highest BCUT2D eigenvalue weighted by molar-refractivity contribution is 5.86. The molecule has 1 N–H and O–H groups in total. The molecule has 0 spiro atoms. The van der Waals surface area contributed by atoms with Gasteiger partial charge in [-0.3, -0.25) is 4.89 Å². The summed E-state index contributed by atoms with van der Waals surface area (Å²) < 4.78 is 0. The summed E-state index contributed by atoms with van der Waals surface area (Å²) in [6.07, 6.45) is 1.55. The predicted octanol–water partition coefficient (Wildman–Crippen LogP) is 0.969. The summed E-state index contributed by atoms with van der Waals surface area (Å²) in [6, 6.07) is 0. The van der Waals surface area contributed by atoms with Crippen molar-refractivity contribution >= 4 is 5.97 Å². The van der Waals surface area contributed by atoms with E-state index in [0.29, 0.717) is 5.57 Å². The highest BCUT2D eigenvalue weighted by atomic mass is 17.1. The van der Waals surface area contributed by atoms with Gasteiger partial charge in [0.25, 0.3) is 0 Å². The third kappa shape index (κ3) is 1.75. The van der Waals surface area contributed by atoms with Crippen LogP contribution in [0.2, 0.25) is 0 Å². The molecule has 0 saturated heterocycles. The minimum atomic E-state index is -0.701. The van der Waals surface area contributed by atoms with Gasteiger partial charge in [0.15, 0.2) is 0 Å². The maximum Gasteiger partial charge on any atom is 0.368 e.